The summed E-state index contributed by atoms with van der Waals surface area (Å²) in [7, 11) is -1.87. The van der Waals surface area contributed by atoms with E-state index >= 15 is 0 Å². The maximum atomic E-state index is 10.1. The summed E-state index contributed by atoms with van der Waals surface area (Å²) in [4.78, 5) is 0. The van der Waals surface area contributed by atoms with Gasteiger partial charge < -0.3 is 19.0 Å². The Morgan fingerprint density at radius 3 is 2.30 bits per heavy atom. The van der Waals surface area contributed by atoms with Crippen molar-refractivity contribution in [2.45, 2.75) is 95.8 Å². The summed E-state index contributed by atoms with van der Waals surface area (Å²) in [5, 5.41) is 10.2. The minimum atomic E-state index is -1.87. The topological polar surface area (TPSA) is 47.9 Å². The molecule has 0 unspecified atom stereocenters. The Morgan fingerprint density at radius 1 is 1.15 bits per heavy atom. The zero-order valence-corrected chi connectivity index (χ0v) is 14.9. The van der Waals surface area contributed by atoms with Crippen molar-refractivity contribution in [3.63, 3.8) is 0 Å². The Bertz CT molecular complexity index is 361. The Kier molecular flexibility index (Phi) is 4.15. The lowest BCUT2D eigenvalue weighted by atomic mass is 9.90. The van der Waals surface area contributed by atoms with Gasteiger partial charge in [-0.25, -0.2) is 0 Å². The Hall–Kier alpha value is 0.0569. The standard InChI is InChI=1S/C15H30O4Si/c1-14(2,3)20(6,7)19-12-9-10(16)8-11-13(12)18-15(4,5)17-11/h10-13,16H,8-9H2,1-7H3/t10-,11+,12+,13+/m0/s1. The van der Waals surface area contributed by atoms with Gasteiger partial charge in [0.05, 0.1) is 18.3 Å². The molecule has 0 amide bonds. The van der Waals surface area contributed by atoms with Crippen LogP contribution in [0.5, 0.6) is 0 Å². The molecule has 2 rings (SSSR count). The van der Waals surface area contributed by atoms with Gasteiger partial charge in [0.2, 0.25) is 0 Å². The predicted octanol–water partition coefficient (Wildman–Crippen LogP) is 3.05. The van der Waals surface area contributed by atoms with Crippen LogP contribution < -0.4 is 0 Å². The molecule has 1 saturated heterocycles. The molecule has 0 bridgehead atoms. The van der Waals surface area contributed by atoms with Crippen LogP contribution in [0.15, 0.2) is 0 Å². The van der Waals surface area contributed by atoms with Crippen LogP contribution in [-0.4, -0.2) is 43.6 Å². The number of fused-ring (bicyclic) bond motifs is 1. The van der Waals surface area contributed by atoms with E-state index in [-0.39, 0.29) is 29.5 Å². The average molecular weight is 302 g/mol. The fourth-order valence-corrected chi connectivity index (χ4v) is 4.14. The van der Waals surface area contributed by atoms with Crippen LogP contribution in [0.4, 0.5) is 0 Å². The first kappa shape index (κ1) is 16.4. The lowest BCUT2D eigenvalue weighted by Gasteiger charge is -2.43. The van der Waals surface area contributed by atoms with E-state index in [1.54, 1.807) is 0 Å². The molecule has 4 nitrogen and oxygen atoms in total. The van der Waals surface area contributed by atoms with Crippen LogP contribution in [0, 0.1) is 0 Å². The number of hydrogen-bond acceptors (Lipinski definition) is 4. The van der Waals surface area contributed by atoms with Gasteiger partial charge in [0.15, 0.2) is 14.1 Å². The van der Waals surface area contributed by atoms with Gasteiger partial charge >= 0.3 is 0 Å². The first-order valence-electron chi connectivity index (χ1n) is 7.63. The predicted molar refractivity (Wildman–Crippen MR) is 81.1 cm³/mol. The van der Waals surface area contributed by atoms with Gasteiger partial charge in [0, 0.05) is 12.8 Å². The van der Waals surface area contributed by atoms with E-state index in [1.165, 1.54) is 0 Å². The Labute approximate surface area is 123 Å². The highest BCUT2D eigenvalue weighted by molar-refractivity contribution is 6.74. The van der Waals surface area contributed by atoms with Crippen molar-refractivity contribution >= 4 is 8.32 Å². The number of ether oxygens (including phenoxy) is 2. The number of hydrogen-bond donors (Lipinski definition) is 1. The van der Waals surface area contributed by atoms with E-state index in [4.69, 9.17) is 13.9 Å². The second-order valence-corrected chi connectivity index (χ2v) is 12.9. The second-order valence-electron chi connectivity index (χ2n) is 8.18. The number of aliphatic hydroxyl groups is 1. The summed E-state index contributed by atoms with van der Waals surface area (Å²) in [6.07, 6.45) is 0.763. The summed E-state index contributed by atoms with van der Waals surface area (Å²) in [5.41, 5.74) is 0. The molecule has 1 N–H and O–H groups in total. The molecule has 1 saturated carbocycles. The minimum absolute atomic E-state index is 0.0523. The molecule has 1 heterocycles. The highest BCUT2D eigenvalue weighted by Crippen LogP contribution is 2.43. The van der Waals surface area contributed by atoms with E-state index in [0.29, 0.717) is 12.8 Å². The average Bonchev–Trinajstić information content (AvgIpc) is 2.50. The van der Waals surface area contributed by atoms with E-state index in [1.807, 2.05) is 13.8 Å². The molecule has 0 spiro atoms. The fourth-order valence-electron chi connectivity index (χ4n) is 2.80. The van der Waals surface area contributed by atoms with Crippen LogP contribution in [0.3, 0.4) is 0 Å². The van der Waals surface area contributed by atoms with Crippen LogP contribution in [-0.2, 0) is 13.9 Å². The zero-order valence-electron chi connectivity index (χ0n) is 13.9. The van der Waals surface area contributed by atoms with Gasteiger partial charge in [-0.2, -0.15) is 0 Å². The second kappa shape index (κ2) is 5.06. The molecule has 1 aliphatic heterocycles. The molecule has 0 aromatic rings. The fraction of sp³-hybridized carbons (Fsp3) is 1.00. The monoisotopic (exact) mass is 302 g/mol. The molecule has 118 valence electrons. The van der Waals surface area contributed by atoms with Gasteiger partial charge in [-0.3, -0.25) is 0 Å². The summed E-state index contributed by atoms with van der Waals surface area (Å²) in [5.74, 6) is -0.575. The van der Waals surface area contributed by atoms with Crippen molar-refractivity contribution in [3.05, 3.63) is 0 Å². The molecule has 4 atom stereocenters. The van der Waals surface area contributed by atoms with Crippen LogP contribution in [0.25, 0.3) is 0 Å². The largest absolute Gasteiger partial charge is 0.411 e. The third-order valence-electron chi connectivity index (χ3n) is 4.85. The van der Waals surface area contributed by atoms with Crippen molar-refractivity contribution in [2.24, 2.45) is 0 Å². The summed E-state index contributed by atoms with van der Waals surface area (Å²) < 4.78 is 18.4. The van der Waals surface area contributed by atoms with Gasteiger partial charge in [-0.1, -0.05) is 20.8 Å². The van der Waals surface area contributed by atoms with Crippen LogP contribution in [0.2, 0.25) is 18.1 Å². The molecule has 20 heavy (non-hydrogen) atoms. The molecular weight excluding hydrogens is 272 g/mol. The van der Waals surface area contributed by atoms with Gasteiger partial charge in [-0.15, -0.1) is 0 Å². The number of rotatable bonds is 2. The van der Waals surface area contributed by atoms with Crippen molar-refractivity contribution in [1.82, 2.24) is 0 Å². The molecule has 2 fully saturated rings. The first-order valence-corrected chi connectivity index (χ1v) is 10.5. The lowest BCUT2D eigenvalue weighted by Crippen LogP contribution is -2.53. The molecule has 0 aromatic carbocycles. The van der Waals surface area contributed by atoms with Gasteiger partial charge in [-0.05, 0) is 32.0 Å². The van der Waals surface area contributed by atoms with E-state index in [2.05, 4.69) is 33.9 Å². The number of aliphatic hydroxyl groups excluding tert-OH is 1. The summed E-state index contributed by atoms with van der Waals surface area (Å²) in [6.45, 7) is 15.0. The smallest absolute Gasteiger partial charge is 0.192 e. The first-order chi connectivity index (χ1) is 8.91. The van der Waals surface area contributed by atoms with Gasteiger partial charge in [0.1, 0.15) is 6.10 Å². The minimum Gasteiger partial charge on any atom is -0.411 e. The molecular formula is C15H30O4Si. The SMILES string of the molecule is CC1(C)O[C@@H]2[C@@H](C[C@H](O)C[C@H]2O[Si](C)(C)C(C)(C)C)O1. The van der Waals surface area contributed by atoms with Crippen molar-refractivity contribution in [2.75, 3.05) is 0 Å². The van der Waals surface area contributed by atoms with E-state index < -0.39 is 14.1 Å². The third kappa shape index (κ3) is 3.27. The van der Waals surface area contributed by atoms with Crippen molar-refractivity contribution < 1.29 is 19.0 Å². The zero-order chi connectivity index (χ0) is 15.3. The van der Waals surface area contributed by atoms with Crippen LogP contribution >= 0.6 is 0 Å². The highest BCUT2D eigenvalue weighted by atomic mass is 28.4. The van der Waals surface area contributed by atoms with E-state index in [9.17, 15) is 5.11 Å². The Morgan fingerprint density at radius 2 is 1.75 bits per heavy atom. The summed E-state index contributed by atoms with van der Waals surface area (Å²) in [6, 6.07) is 0. The van der Waals surface area contributed by atoms with E-state index in [0.717, 1.165) is 0 Å². The summed E-state index contributed by atoms with van der Waals surface area (Å²) >= 11 is 0. The molecule has 2 aliphatic rings. The Balaban J connectivity index is 2.14. The van der Waals surface area contributed by atoms with Crippen molar-refractivity contribution in [1.29, 1.82) is 0 Å². The molecule has 1 aliphatic carbocycles. The molecule has 0 radical (unpaired) electrons. The van der Waals surface area contributed by atoms with Crippen molar-refractivity contribution in [3.8, 4) is 0 Å². The molecule has 5 heteroatoms. The quantitative estimate of drug-likeness (QED) is 0.797. The van der Waals surface area contributed by atoms with Gasteiger partial charge in [0.25, 0.3) is 0 Å². The third-order valence-corrected chi connectivity index (χ3v) is 9.35. The maximum Gasteiger partial charge on any atom is 0.192 e. The highest BCUT2D eigenvalue weighted by Gasteiger charge is 2.52. The van der Waals surface area contributed by atoms with Crippen LogP contribution in [0.1, 0.15) is 47.5 Å². The normalized spacial score (nSPS) is 37.8. The maximum absolute atomic E-state index is 10.1. The lowest BCUT2D eigenvalue weighted by molar-refractivity contribution is -0.152. The molecule has 0 aromatic heterocycles.